The molecule has 0 saturated heterocycles. The Morgan fingerprint density at radius 1 is 0.962 bits per heavy atom. The zero-order valence-electron chi connectivity index (χ0n) is 15.0. The molecule has 0 fully saturated rings. The molecule has 0 rings (SSSR count). The first kappa shape index (κ1) is 24.1. The molecule has 0 heterocycles. The van der Waals surface area contributed by atoms with Gasteiger partial charge in [-0.2, -0.15) is 11.8 Å². The molecule has 1 atom stereocenters. The Balaban J connectivity index is 4.71. The van der Waals surface area contributed by atoms with Crippen LogP contribution in [0.5, 0.6) is 0 Å². The van der Waals surface area contributed by atoms with Gasteiger partial charge in [-0.1, -0.05) is 6.92 Å². The normalized spacial score (nSPS) is 12.2. The number of nitrogens with one attached hydrogen (secondary N) is 1. The van der Waals surface area contributed by atoms with Crippen molar-refractivity contribution in [3.63, 3.8) is 0 Å². The van der Waals surface area contributed by atoms with Crippen molar-refractivity contribution < 1.29 is 34.5 Å². The summed E-state index contributed by atoms with van der Waals surface area (Å²) >= 11 is 1.46. The predicted octanol–water partition coefficient (Wildman–Crippen LogP) is -0.898. The van der Waals surface area contributed by atoms with Crippen molar-refractivity contribution >= 4 is 35.6 Å². The van der Waals surface area contributed by atoms with Gasteiger partial charge in [-0.25, -0.2) is 4.79 Å². The summed E-state index contributed by atoms with van der Waals surface area (Å²) in [5.74, 6) is -3.28. The Bertz CT molecular complexity index is 490. The summed E-state index contributed by atoms with van der Waals surface area (Å²) in [5, 5.41) is 29.3. The van der Waals surface area contributed by atoms with Gasteiger partial charge in [0.15, 0.2) is 0 Å². The molecule has 0 radical (unpaired) electrons. The van der Waals surface area contributed by atoms with Gasteiger partial charge < -0.3 is 20.6 Å². The largest absolute Gasteiger partial charge is 0.480 e. The lowest BCUT2D eigenvalue weighted by Crippen LogP contribution is -2.48. The van der Waals surface area contributed by atoms with Gasteiger partial charge in [-0.05, 0) is 25.0 Å². The first-order valence-corrected chi connectivity index (χ1v) is 9.48. The van der Waals surface area contributed by atoms with Gasteiger partial charge in [0.25, 0.3) is 0 Å². The highest BCUT2D eigenvalue weighted by atomic mass is 32.2. The fourth-order valence-electron chi connectivity index (χ4n) is 2.16. The average Bonchev–Trinajstić information content (AvgIpc) is 2.53. The zero-order chi connectivity index (χ0) is 20.1. The average molecular weight is 393 g/mol. The Labute approximate surface area is 156 Å². The summed E-state index contributed by atoms with van der Waals surface area (Å²) in [6, 6.07) is -1.03. The topological polar surface area (TPSA) is 147 Å². The number of thioether (sulfide) groups is 1. The maximum absolute atomic E-state index is 12.1. The van der Waals surface area contributed by atoms with E-state index in [1.165, 1.54) is 16.7 Å². The van der Waals surface area contributed by atoms with Crippen molar-refractivity contribution in [3.8, 4) is 0 Å². The predicted molar refractivity (Wildman–Crippen MR) is 96.4 cm³/mol. The van der Waals surface area contributed by atoms with E-state index in [-0.39, 0.29) is 32.6 Å². The molecule has 0 aromatic rings. The summed E-state index contributed by atoms with van der Waals surface area (Å²) < 4.78 is 0. The van der Waals surface area contributed by atoms with Gasteiger partial charge in [0.1, 0.15) is 6.04 Å². The molecule has 0 aliphatic carbocycles. The number of amides is 1. The van der Waals surface area contributed by atoms with Gasteiger partial charge in [0, 0.05) is 13.1 Å². The van der Waals surface area contributed by atoms with Gasteiger partial charge >= 0.3 is 17.9 Å². The number of rotatable bonds is 15. The standard InChI is InChI=1S/C15H27N3O7S/c1-3-17(9-13(20)21)5-6-18(10-14(22)23)8-12(19)16-11(15(24)25)4-7-26-2/h11H,3-10H2,1-2H3,(H,16,19)(H,20,21)(H,22,23)(H,24,25). The van der Waals surface area contributed by atoms with Gasteiger partial charge in [-0.15, -0.1) is 0 Å². The number of carbonyl (C=O) groups excluding carboxylic acids is 1. The maximum atomic E-state index is 12.1. The SMILES string of the molecule is CCN(CCN(CC(=O)O)CC(=O)NC(CCSC)C(=O)O)CC(=O)O. The number of carboxylic acids is 3. The molecule has 0 bridgehead atoms. The van der Waals surface area contributed by atoms with Crippen LogP contribution in [-0.4, -0.2) is 106 Å². The summed E-state index contributed by atoms with van der Waals surface area (Å²) in [6.45, 7) is 1.83. The lowest BCUT2D eigenvalue weighted by molar-refractivity contribution is -0.143. The highest BCUT2D eigenvalue weighted by Gasteiger charge is 2.22. The van der Waals surface area contributed by atoms with Crippen molar-refractivity contribution in [1.82, 2.24) is 15.1 Å². The summed E-state index contributed by atoms with van der Waals surface area (Å²) in [6.07, 6.45) is 2.09. The van der Waals surface area contributed by atoms with E-state index in [0.717, 1.165) is 0 Å². The summed E-state index contributed by atoms with van der Waals surface area (Å²) in [5.41, 5.74) is 0. The molecule has 0 aromatic heterocycles. The monoisotopic (exact) mass is 393 g/mol. The molecule has 4 N–H and O–H groups in total. The molecule has 11 heteroatoms. The summed E-state index contributed by atoms with van der Waals surface area (Å²) in [7, 11) is 0. The van der Waals surface area contributed by atoms with E-state index < -0.39 is 36.4 Å². The molecular formula is C15H27N3O7S. The molecule has 0 aromatic carbocycles. The highest BCUT2D eigenvalue weighted by Crippen LogP contribution is 2.01. The van der Waals surface area contributed by atoms with E-state index in [2.05, 4.69) is 5.32 Å². The zero-order valence-corrected chi connectivity index (χ0v) is 15.8. The molecule has 1 amide bonds. The second-order valence-electron chi connectivity index (χ2n) is 5.61. The van der Waals surface area contributed by atoms with E-state index >= 15 is 0 Å². The fourth-order valence-corrected chi connectivity index (χ4v) is 2.64. The third kappa shape index (κ3) is 11.7. The van der Waals surface area contributed by atoms with Gasteiger partial charge in [0.05, 0.1) is 19.6 Å². The number of carbonyl (C=O) groups is 4. The van der Waals surface area contributed by atoms with Crippen molar-refractivity contribution in [2.45, 2.75) is 19.4 Å². The van der Waals surface area contributed by atoms with Crippen LogP contribution in [0.25, 0.3) is 0 Å². The lowest BCUT2D eigenvalue weighted by Gasteiger charge is -2.25. The van der Waals surface area contributed by atoms with Crippen LogP contribution in [0.4, 0.5) is 0 Å². The molecule has 0 saturated carbocycles. The molecule has 0 aliphatic heterocycles. The number of hydrogen-bond acceptors (Lipinski definition) is 7. The van der Waals surface area contributed by atoms with Crippen LogP contribution in [0.3, 0.4) is 0 Å². The van der Waals surface area contributed by atoms with Crippen LogP contribution in [-0.2, 0) is 19.2 Å². The Morgan fingerprint density at radius 2 is 1.50 bits per heavy atom. The third-order valence-corrected chi connectivity index (χ3v) is 4.15. The highest BCUT2D eigenvalue weighted by molar-refractivity contribution is 7.98. The Kier molecular flexibility index (Phi) is 12.4. The van der Waals surface area contributed by atoms with Crippen molar-refractivity contribution in [3.05, 3.63) is 0 Å². The van der Waals surface area contributed by atoms with Crippen molar-refractivity contribution in [1.29, 1.82) is 0 Å². The first-order valence-electron chi connectivity index (χ1n) is 8.08. The smallest absolute Gasteiger partial charge is 0.326 e. The molecule has 0 aliphatic rings. The third-order valence-electron chi connectivity index (χ3n) is 3.51. The van der Waals surface area contributed by atoms with E-state index in [4.69, 9.17) is 15.3 Å². The van der Waals surface area contributed by atoms with Crippen molar-refractivity contribution in [2.75, 3.05) is 51.3 Å². The molecule has 26 heavy (non-hydrogen) atoms. The molecule has 10 nitrogen and oxygen atoms in total. The number of hydrogen-bond donors (Lipinski definition) is 4. The number of aliphatic carboxylic acids is 3. The number of likely N-dealkylation sites (N-methyl/N-ethyl adjacent to an activating group) is 1. The fraction of sp³-hybridized carbons (Fsp3) is 0.733. The molecule has 0 spiro atoms. The van der Waals surface area contributed by atoms with E-state index in [9.17, 15) is 19.2 Å². The maximum Gasteiger partial charge on any atom is 0.326 e. The second-order valence-corrected chi connectivity index (χ2v) is 6.59. The first-order chi connectivity index (χ1) is 12.2. The number of carboxylic acid groups (broad SMARTS) is 3. The van der Waals surface area contributed by atoms with Gasteiger partial charge in [-0.3, -0.25) is 24.2 Å². The van der Waals surface area contributed by atoms with Crippen LogP contribution in [0.2, 0.25) is 0 Å². The lowest BCUT2D eigenvalue weighted by atomic mass is 10.2. The van der Waals surface area contributed by atoms with Crippen LogP contribution < -0.4 is 5.32 Å². The summed E-state index contributed by atoms with van der Waals surface area (Å²) in [4.78, 5) is 47.9. The minimum absolute atomic E-state index is 0.170. The van der Waals surface area contributed by atoms with E-state index in [0.29, 0.717) is 12.3 Å². The molecule has 1 unspecified atom stereocenters. The Morgan fingerprint density at radius 3 is 1.96 bits per heavy atom. The molecule has 150 valence electrons. The van der Waals surface area contributed by atoms with E-state index in [1.807, 2.05) is 6.26 Å². The molecular weight excluding hydrogens is 366 g/mol. The van der Waals surface area contributed by atoms with Crippen LogP contribution in [0, 0.1) is 0 Å². The van der Waals surface area contributed by atoms with E-state index in [1.54, 1.807) is 11.8 Å². The Hall–Kier alpha value is -1.85. The van der Waals surface area contributed by atoms with Crippen LogP contribution in [0.1, 0.15) is 13.3 Å². The quantitative estimate of drug-likeness (QED) is 0.276. The van der Waals surface area contributed by atoms with Crippen LogP contribution in [0.15, 0.2) is 0 Å². The minimum Gasteiger partial charge on any atom is -0.480 e. The minimum atomic E-state index is -1.14. The van der Waals surface area contributed by atoms with Crippen molar-refractivity contribution in [2.24, 2.45) is 0 Å². The second kappa shape index (κ2) is 13.4. The number of nitrogens with zero attached hydrogens (tertiary/aromatic N) is 2. The van der Waals surface area contributed by atoms with Gasteiger partial charge in [0.2, 0.25) is 5.91 Å². The van der Waals surface area contributed by atoms with Crippen LogP contribution >= 0.6 is 11.8 Å².